The molecule has 1 aliphatic heterocycles. The van der Waals surface area contributed by atoms with E-state index in [9.17, 15) is 33.8 Å². The van der Waals surface area contributed by atoms with Gasteiger partial charge in [-0.2, -0.15) is 0 Å². The van der Waals surface area contributed by atoms with E-state index < -0.39 is 63.5 Å². The highest BCUT2D eigenvalue weighted by Gasteiger charge is 2.45. The van der Waals surface area contributed by atoms with Gasteiger partial charge >= 0.3 is 20.9 Å². The Morgan fingerprint density at radius 2 is 1.89 bits per heavy atom. The van der Waals surface area contributed by atoms with E-state index in [-0.39, 0.29) is 5.56 Å². The number of terminal acetylenes is 1. The van der Waals surface area contributed by atoms with Gasteiger partial charge in [-0.05, 0) is 0 Å². The predicted molar refractivity (Wildman–Crippen MR) is 87.9 cm³/mol. The van der Waals surface area contributed by atoms with Crippen LogP contribution in [0, 0.1) is 12.3 Å². The molecular weight excluding hydrogens is 410 g/mol. The number of aromatic amines is 1. The molecule has 1 aliphatic rings. The van der Waals surface area contributed by atoms with Gasteiger partial charge in [0.2, 0.25) is 0 Å². The van der Waals surface area contributed by atoms with Gasteiger partial charge in [-0.25, -0.2) is 4.79 Å². The van der Waals surface area contributed by atoms with Crippen LogP contribution in [0.15, 0.2) is 15.8 Å². The van der Waals surface area contributed by atoms with Gasteiger partial charge in [0.05, 0.1) is 6.61 Å². The first-order chi connectivity index (χ1) is 12.3. The molecule has 1 aromatic heterocycles. The number of ether oxygens (including phenoxy) is 1. The van der Waals surface area contributed by atoms with Crippen molar-refractivity contribution in [2.75, 3.05) is 12.5 Å². The lowest BCUT2D eigenvalue weighted by molar-refractivity contribution is -0.0524. The average Bonchev–Trinajstić information content (AvgIpc) is 2.79. The first kappa shape index (κ1) is 21.7. The van der Waals surface area contributed by atoms with Gasteiger partial charge in [-0.1, -0.05) is 5.92 Å². The molecule has 0 aromatic carbocycles. The molecule has 1 aromatic rings. The van der Waals surface area contributed by atoms with Crippen molar-refractivity contribution in [1.29, 1.82) is 0 Å². The fourth-order valence-electron chi connectivity index (χ4n) is 2.34. The van der Waals surface area contributed by atoms with Gasteiger partial charge in [0.1, 0.15) is 23.9 Å². The lowest BCUT2D eigenvalue weighted by atomic mass is 10.1. The van der Waals surface area contributed by atoms with Crippen molar-refractivity contribution in [3.05, 3.63) is 32.6 Å². The molecule has 2 heterocycles. The molecule has 15 heteroatoms. The maximum atomic E-state index is 11.9. The van der Waals surface area contributed by atoms with Crippen molar-refractivity contribution >= 4 is 15.2 Å². The highest BCUT2D eigenvalue weighted by Crippen LogP contribution is 2.55. The Hall–Kier alpha value is -1.58. The zero-order valence-electron chi connectivity index (χ0n) is 13.4. The summed E-state index contributed by atoms with van der Waals surface area (Å²) in [7, 11) is -9.56. The molecule has 27 heavy (non-hydrogen) atoms. The van der Waals surface area contributed by atoms with Gasteiger partial charge in [-0.3, -0.25) is 23.5 Å². The minimum Gasteiger partial charge on any atom is -0.387 e. The topological polar surface area (TPSA) is 209 Å². The van der Waals surface area contributed by atoms with Crippen LogP contribution >= 0.6 is 15.2 Å². The third kappa shape index (κ3) is 5.24. The summed E-state index contributed by atoms with van der Waals surface area (Å²) in [5, 5.41) is 20.0. The summed E-state index contributed by atoms with van der Waals surface area (Å²) in [6, 6.07) is 0. The first-order valence-electron chi connectivity index (χ1n) is 7.19. The van der Waals surface area contributed by atoms with E-state index in [0.717, 1.165) is 10.8 Å². The van der Waals surface area contributed by atoms with Crippen LogP contribution in [0.1, 0.15) is 11.8 Å². The molecule has 0 saturated carbocycles. The molecule has 5 atom stereocenters. The van der Waals surface area contributed by atoms with Crippen LogP contribution in [0.4, 0.5) is 0 Å². The predicted octanol–water partition coefficient (Wildman–Crippen LogP) is -2.53. The Kier molecular flexibility index (Phi) is 6.28. The van der Waals surface area contributed by atoms with Crippen molar-refractivity contribution in [2.24, 2.45) is 0 Å². The molecule has 0 spiro atoms. The van der Waals surface area contributed by atoms with Gasteiger partial charge in [-0.15, -0.1) is 6.42 Å². The minimum absolute atomic E-state index is 0.249. The standard InChI is InChI=1S/C12H16N2O11P2/c1-2-6-3-14(12(18)13-10(6)17)11-9(16)8(15)7(25-11)4-24-27(22,23)5-26(19,20)21/h1,3,7-9,11,15-16H,4-5H2,(H,22,23)(H,13,17,18)(H2,19,20,21)/t7-,8?,9?,11-/m1/s1. The highest BCUT2D eigenvalue weighted by molar-refractivity contribution is 7.70. The number of hydrogen-bond acceptors (Lipinski definition) is 8. The Morgan fingerprint density at radius 1 is 1.26 bits per heavy atom. The second-order valence-electron chi connectivity index (χ2n) is 5.64. The fraction of sp³-hybridized carbons (Fsp3) is 0.500. The molecule has 3 unspecified atom stereocenters. The first-order valence-corrected chi connectivity index (χ1v) is 10.8. The maximum Gasteiger partial charge on any atom is 0.340 e. The highest BCUT2D eigenvalue weighted by atomic mass is 31.2. The van der Waals surface area contributed by atoms with E-state index in [2.05, 4.69) is 4.52 Å². The van der Waals surface area contributed by atoms with E-state index in [0.29, 0.717) is 0 Å². The summed E-state index contributed by atoms with van der Waals surface area (Å²) in [5.41, 5.74) is -2.09. The van der Waals surface area contributed by atoms with Gasteiger partial charge in [0, 0.05) is 6.20 Å². The number of nitrogens with zero attached hydrogens (tertiary/aromatic N) is 1. The molecule has 2 rings (SSSR count). The summed E-state index contributed by atoms with van der Waals surface area (Å²) in [6.07, 6.45) is -0.265. The molecule has 0 bridgehead atoms. The maximum absolute atomic E-state index is 11.9. The number of aliphatic hydroxyl groups is 2. The summed E-state index contributed by atoms with van der Waals surface area (Å²) in [5.74, 6) is 0.574. The minimum atomic E-state index is -4.84. The van der Waals surface area contributed by atoms with Crippen LogP contribution in [0.5, 0.6) is 0 Å². The number of H-pyrrole nitrogens is 1. The molecule has 1 fully saturated rings. The van der Waals surface area contributed by atoms with E-state index in [4.69, 9.17) is 20.9 Å². The molecular formula is C12H16N2O11P2. The number of aliphatic hydroxyl groups excluding tert-OH is 2. The Bertz CT molecular complexity index is 957. The van der Waals surface area contributed by atoms with Crippen LogP contribution in [0.25, 0.3) is 0 Å². The van der Waals surface area contributed by atoms with Crippen molar-refractivity contribution in [3.63, 3.8) is 0 Å². The summed E-state index contributed by atoms with van der Waals surface area (Å²) in [6.45, 7) is -0.817. The van der Waals surface area contributed by atoms with Crippen molar-refractivity contribution in [3.8, 4) is 12.3 Å². The smallest absolute Gasteiger partial charge is 0.340 e. The fourth-order valence-corrected chi connectivity index (χ4v) is 4.91. The Balaban J connectivity index is 2.18. The van der Waals surface area contributed by atoms with Crippen molar-refractivity contribution in [1.82, 2.24) is 9.55 Å². The Labute approximate surface area is 150 Å². The Morgan fingerprint density at radius 3 is 2.44 bits per heavy atom. The number of aromatic nitrogens is 2. The molecule has 1 saturated heterocycles. The third-order valence-corrected chi connectivity index (χ3v) is 6.99. The van der Waals surface area contributed by atoms with Crippen molar-refractivity contribution in [2.45, 2.75) is 24.5 Å². The summed E-state index contributed by atoms with van der Waals surface area (Å²) in [4.78, 5) is 52.1. The van der Waals surface area contributed by atoms with Crippen LogP contribution in [0.2, 0.25) is 0 Å². The molecule has 13 nitrogen and oxygen atoms in total. The van der Waals surface area contributed by atoms with Gasteiger partial charge in [0.15, 0.2) is 12.1 Å². The quantitative estimate of drug-likeness (QED) is 0.206. The normalized spacial score (nSPS) is 27.9. The molecule has 0 amide bonds. The third-order valence-electron chi connectivity index (χ3n) is 3.54. The average molecular weight is 426 g/mol. The van der Waals surface area contributed by atoms with Crippen LogP contribution in [0.3, 0.4) is 0 Å². The van der Waals surface area contributed by atoms with E-state index in [1.165, 1.54) is 0 Å². The van der Waals surface area contributed by atoms with Crippen LogP contribution in [-0.4, -0.2) is 65.3 Å². The van der Waals surface area contributed by atoms with Gasteiger partial charge < -0.3 is 34.2 Å². The monoisotopic (exact) mass is 426 g/mol. The number of nitrogens with one attached hydrogen (secondary N) is 1. The number of rotatable bonds is 6. The van der Waals surface area contributed by atoms with E-state index >= 15 is 0 Å². The second kappa shape index (κ2) is 7.81. The molecule has 6 N–H and O–H groups in total. The lowest BCUT2D eigenvalue weighted by Gasteiger charge is -2.18. The zero-order chi connectivity index (χ0) is 20.6. The molecule has 0 aliphatic carbocycles. The largest absolute Gasteiger partial charge is 0.387 e. The van der Waals surface area contributed by atoms with Crippen LogP contribution in [-0.2, 0) is 18.4 Å². The van der Waals surface area contributed by atoms with E-state index in [1.807, 2.05) is 10.9 Å². The van der Waals surface area contributed by atoms with Crippen molar-refractivity contribution < 1.29 is 43.3 Å². The van der Waals surface area contributed by atoms with E-state index in [1.54, 1.807) is 0 Å². The molecule has 150 valence electrons. The zero-order valence-corrected chi connectivity index (χ0v) is 15.2. The number of hydrogen-bond donors (Lipinski definition) is 6. The van der Waals surface area contributed by atoms with Gasteiger partial charge in [0.25, 0.3) is 5.56 Å². The SMILES string of the molecule is C#Cc1cn([C@@H]2O[C@H](COP(=O)(O)CP(=O)(O)O)C(O)C2O)c(=O)[nH]c1=O. The summed E-state index contributed by atoms with van der Waals surface area (Å²) >= 11 is 0. The summed E-state index contributed by atoms with van der Waals surface area (Å²) < 4.78 is 32.9. The lowest BCUT2D eigenvalue weighted by Crippen LogP contribution is -2.38. The second-order valence-corrected chi connectivity index (χ2v) is 9.63. The molecule has 0 radical (unpaired) electrons. The van der Waals surface area contributed by atoms with Crippen LogP contribution < -0.4 is 11.2 Å².